The molecule has 120 valence electrons. The normalized spacial score (nSPS) is 11.7. The first-order chi connectivity index (χ1) is 11.0. The average Bonchev–Trinajstić information content (AvgIpc) is 2.97. The summed E-state index contributed by atoms with van der Waals surface area (Å²) < 4.78 is 31.1. The number of ether oxygens (including phenoxy) is 1. The van der Waals surface area contributed by atoms with Crippen LogP contribution in [0.2, 0.25) is 0 Å². The smallest absolute Gasteiger partial charge is 0.274 e. The molecule has 1 aromatic heterocycles. The number of nitrogens with one attached hydrogen (secondary N) is 1. The lowest BCUT2D eigenvalue weighted by molar-refractivity contribution is 0.418. The maximum Gasteiger partial charge on any atom is 0.274 e. The number of rotatable bonds is 5. The van der Waals surface area contributed by atoms with Gasteiger partial charge in [-0.05, 0) is 29.8 Å². The van der Waals surface area contributed by atoms with Crippen LogP contribution in [-0.2, 0) is 16.8 Å². The molecule has 0 aliphatic heterocycles. The van der Waals surface area contributed by atoms with Gasteiger partial charge in [0, 0.05) is 6.54 Å². The van der Waals surface area contributed by atoms with Gasteiger partial charge in [-0.1, -0.05) is 23.4 Å². The number of benzene rings is 2. The summed E-state index contributed by atoms with van der Waals surface area (Å²) in [5, 5.41) is 13.2. The Balaban J connectivity index is 1.94. The summed E-state index contributed by atoms with van der Waals surface area (Å²) in [7, 11) is -2.12. The van der Waals surface area contributed by atoms with Crippen LogP contribution in [0.4, 0.5) is 0 Å². The molecule has 0 atom stereocenters. The average molecular weight is 333 g/mol. The molecule has 0 unspecified atom stereocenters. The first-order valence-corrected chi connectivity index (χ1v) is 8.28. The number of methoxy groups -OCH3 is 1. The van der Waals surface area contributed by atoms with Crippen molar-refractivity contribution in [3.8, 4) is 11.4 Å². The third kappa shape index (κ3) is 3.31. The number of fused-ring (bicyclic) bond motifs is 1. The number of hydrogen-bond acceptors (Lipinski definition) is 5. The molecule has 0 radical (unpaired) electrons. The van der Waals surface area contributed by atoms with Crippen LogP contribution in [0.5, 0.6) is 5.75 Å². The highest BCUT2D eigenvalue weighted by atomic mass is 32.2. The number of nitrogens with zero attached hydrogens (tertiary/aromatic N) is 3. The first-order valence-electron chi connectivity index (χ1n) is 6.73. The molecule has 0 saturated heterocycles. The Morgan fingerprint density at radius 1 is 1.22 bits per heavy atom. The van der Waals surface area contributed by atoms with Crippen LogP contribution in [0.3, 0.4) is 0 Å². The van der Waals surface area contributed by atoms with Gasteiger partial charge in [-0.2, -0.15) is 13.1 Å². The molecule has 1 heterocycles. The maximum atomic E-state index is 10.9. The van der Waals surface area contributed by atoms with Gasteiger partial charge in [0.05, 0.1) is 12.8 Å². The van der Waals surface area contributed by atoms with Crippen molar-refractivity contribution in [1.82, 2.24) is 19.7 Å². The molecule has 0 saturated carbocycles. The van der Waals surface area contributed by atoms with Crippen LogP contribution < -0.4 is 14.6 Å². The Morgan fingerprint density at radius 3 is 2.61 bits per heavy atom. The van der Waals surface area contributed by atoms with Crippen LogP contribution in [-0.4, -0.2) is 30.5 Å². The third-order valence-corrected chi connectivity index (χ3v) is 3.86. The molecule has 0 amide bonds. The monoisotopic (exact) mass is 333 g/mol. The van der Waals surface area contributed by atoms with Crippen LogP contribution >= 0.6 is 0 Å². The van der Waals surface area contributed by atoms with E-state index in [1.807, 2.05) is 30.3 Å². The largest absolute Gasteiger partial charge is 0.494 e. The van der Waals surface area contributed by atoms with E-state index in [9.17, 15) is 8.42 Å². The van der Waals surface area contributed by atoms with E-state index in [0.29, 0.717) is 5.75 Å². The minimum Gasteiger partial charge on any atom is -0.494 e. The molecular formula is C14H15N5O3S. The second-order valence-electron chi connectivity index (χ2n) is 4.86. The van der Waals surface area contributed by atoms with Gasteiger partial charge in [0.25, 0.3) is 10.2 Å². The van der Waals surface area contributed by atoms with Crippen molar-refractivity contribution >= 4 is 21.2 Å². The van der Waals surface area contributed by atoms with E-state index in [1.165, 1.54) is 0 Å². The summed E-state index contributed by atoms with van der Waals surface area (Å²) in [6.45, 7) is 0.126. The Kier molecular flexibility index (Phi) is 3.99. The summed E-state index contributed by atoms with van der Waals surface area (Å²) in [5.41, 5.74) is 3.06. The van der Waals surface area contributed by atoms with Crippen molar-refractivity contribution in [2.75, 3.05) is 7.11 Å². The Labute approximate surface area is 133 Å². The van der Waals surface area contributed by atoms with Crippen LogP contribution in [0, 0.1) is 0 Å². The van der Waals surface area contributed by atoms with E-state index in [1.54, 1.807) is 23.9 Å². The van der Waals surface area contributed by atoms with E-state index in [2.05, 4.69) is 15.0 Å². The molecule has 3 rings (SSSR count). The second kappa shape index (κ2) is 5.95. The van der Waals surface area contributed by atoms with Gasteiger partial charge < -0.3 is 4.74 Å². The molecule has 0 fully saturated rings. The highest BCUT2D eigenvalue weighted by molar-refractivity contribution is 7.87. The Morgan fingerprint density at radius 2 is 1.96 bits per heavy atom. The summed E-state index contributed by atoms with van der Waals surface area (Å²) in [4.78, 5) is 0. The fourth-order valence-electron chi connectivity index (χ4n) is 2.23. The van der Waals surface area contributed by atoms with Crippen molar-refractivity contribution in [2.45, 2.75) is 6.54 Å². The lowest BCUT2D eigenvalue weighted by Crippen LogP contribution is -2.30. The van der Waals surface area contributed by atoms with Crippen molar-refractivity contribution in [1.29, 1.82) is 0 Å². The van der Waals surface area contributed by atoms with Crippen molar-refractivity contribution < 1.29 is 13.2 Å². The summed E-state index contributed by atoms with van der Waals surface area (Å²) in [6, 6.07) is 12.8. The van der Waals surface area contributed by atoms with Gasteiger partial charge in [0.1, 0.15) is 16.8 Å². The highest BCUT2D eigenvalue weighted by Gasteiger charge is 2.11. The van der Waals surface area contributed by atoms with Crippen LogP contribution in [0.1, 0.15) is 5.56 Å². The SMILES string of the molecule is COc1cccc2nnn(-c3ccc(CNS(N)(=O)=O)cc3)c12. The van der Waals surface area contributed by atoms with E-state index in [0.717, 1.165) is 22.3 Å². The van der Waals surface area contributed by atoms with Crippen LogP contribution in [0.15, 0.2) is 42.5 Å². The van der Waals surface area contributed by atoms with E-state index >= 15 is 0 Å². The summed E-state index contributed by atoms with van der Waals surface area (Å²) in [5.74, 6) is 0.674. The highest BCUT2D eigenvalue weighted by Crippen LogP contribution is 2.26. The quantitative estimate of drug-likeness (QED) is 0.714. The maximum absolute atomic E-state index is 10.9. The Hall–Kier alpha value is -2.49. The fourth-order valence-corrected chi connectivity index (χ4v) is 2.59. The molecule has 0 aliphatic rings. The number of para-hydroxylation sites is 1. The van der Waals surface area contributed by atoms with Crippen molar-refractivity contribution in [2.24, 2.45) is 5.14 Å². The Bertz CT molecular complexity index is 935. The zero-order chi connectivity index (χ0) is 16.4. The standard InChI is InChI=1S/C14H15N5O3S/c1-22-13-4-2-3-12-14(13)19(18-17-12)11-7-5-10(6-8-11)9-16-23(15,20)21/h2-8,16H,9H2,1H3,(H2,15,20,21). The minimum atomic E-state index is -3.71. The molecular weight excluding hydrogens is 318 g/mol. The molecule has 23 heavy (non-hydrogen) atoms. The molecule has 3 N–H and O–H groups in total. The van der Waals surface area contributed by atoms with E-state index in [-0.39, 0.29) is 6.54 Å². The lowest BCUT2D eigenvalue weighted by atomic mass is 10.2. The zero-order valence-electron chi connectivity index (χ0n) is 12.3. The molecule has 8 nitrogen and oxygen atoms in total. The van der Waals surface area contributed by atoms with Crippen LogP contribution in [0.25, 0.3) is 16.7 Å². The molecule has 3 aromatic rings. The van der Waals surface area contributed by atoms with Gasteiger partial charge in [-0.25, -0.2) is 9.82 Å². The number of hydrogen-bond donors (Lipinski definition) is 2. The van der Waals surface area contributed by atoms with Gasteiger partial charge in [-0.3, -0.25) is 0 Å². The topological polar surface area (TPSA) is 112 Å². The predicted molar refractivity (Wildman–Crippen MR) is 85.4 cm³/mol. The van der Waals surface area contributed by atoms with Crippen molar-refractivity contribution in [3.63, 3.8) is 0 Å². The number of aromatic nitrogens is 3. The number of nitrogens with two attached hydrogens (primary N) is 1. The predicted octanol–water partition coefficient (Wildman–Crippen LogP) is 0.722. The fraction of sp³-hybridized carbons (Fsp3) is 0.143. The van der Waals surface area contributed by atoms with Gasteiger partial charge in [-0.15, -0.1) is 5.10 Å². The van der Waals surface area contributed by atoms with Gasteiger partial charge >= 0.3 is 0 Å². The van der Waals surface area contributed by atoms with Gasteiger partial charge in [0.2, 0.25) is 0 Å². The first kappa shape index (κ1) is 15.4. The molecule has 9 heteroatoms. The molecule has 0 bridgehead atoms. The van der Waals surface area contributed by atoms with Crippen molar-refractivity contribution in [3.05, 3.63) is 48.0 Å². The summed E-state index contributed by atoms with van der Waals surface area (Å²) in [6.07, 6.45) is 0. The third-order valence-electron chi connectivity index (χ3n) is 3.31. The van der Waals surface area contributed by atoms with E-state index in [4.69, 9.17) is 9.88 Å². The minimum absolute atomic E-state index is 0.126. The molecule has 2 aromatic carbocycles. The molecule has 0 aliphatic carbocycles. The van der Waals surface area contributed by atoms with Gasteiger partial charge in [0.15, 0.2) is 0 Å². The second-order valence-corrected chi connectivity index (χ2v) is 6.24. The zero-order valence-corrected chi connectivity index (χ0v) is 13.1. The van der Waals surface area contributed by atoms with E-state index < -0.39 is 10.2 Å². The summed E-state index contributed by atoms with van der Waals surface area (Å²) >= 11 is 0. The molecule has 0 spiro atoms. The lowest BCUT2D eigenvalue weighted by Gasteiger charge is -2.07.